The Balaban J connectivity index is 1.99. The van der Waals surface area contributed by atoms with E-state index in [0.717, 1.165) is 13.0 Å². The van der Waals surface area contributed by atoms with Gasteiger partial charge in [0.1, 0.15) is 0 Å². The van der Waals surface area contributed by atoms with E-state index in [4.69, 9.17) is 0 Å². The minimum atomic E-state index is -0.880. The van der Waals surface area contributed by atoms with Gasteiger partial charge in [-0.05, 0) is 37.6 Å². The number of nitrogens with one attached hydrogen (secondary N) is 2. The van der Waals surface area contributed by atoms with Gasteiger partial charge >= 0.3 is 0 Å². The van der Waals surface area contributed by atoms with Crippen molar-refractivity contribution in [1.82, 2.24) is 10.6 Å². The molecular weight excluding hydrogens is 232 g/mol. The van der Waals surface area contributed by atoms with Crippen LogP contribution in [0.1, 0.15) is 32.6 Å². The molecule has 18 heavy (non-hydrogen) atoms. The first kappa shape index (κ1) is 13.8. The summed E-state index contributed by atoms with van der Waals surface area (Å²) in [6.45, 7) is 2.31. The predicted octanol–water partition coefficient (Wildman–Crippen LogP) is -0.376. The van der Waals surface area contributed by atoms with Crippen LogP contribution in [0.25, 0.3) is 0 Å². The smallest absolute Gasteiger partial charge is 0.238 e. The Bertz CT molecular complexity index is 296. The highest BCUT2D eigenvalue weighted by Gasteiger charge is 2.44. The first-order valence-corrected chi connectivity index (χ1v) is 6.93. The molecule has 4 N–H and O–H groups in total. The lowest BCUT2D eigenvalue weighted by molar-refractivity contribution is -0.127. The molecule has 0 radical (unpaired) electrons. The molecule has 1 aliphatic heterocycles. The van der Waals surface area contributed by atoms with E-state index in [-0.39, 0.29) is 25.2 Å². The van der Waals surface area contributed by atoms with Gasteiger partial charge in [0.2, 0.25) is 5.91 Å². The highest BCUT2D eigenvalue weighted by Crippen LogP contribution is 2.37. The van der Waals surface area contributed by atoms with E-state index in [2.05, 4.69) is 10.6 Å². The highest BCUT2D eigenvalue weighted by molar-refractivity contribution is 5.83. The molecule has 5 heteroatoms. The van der Waals surface area contributed by atoms with Crippen molar-refractivity contribution < 1.29 is 15.0 Å². The van der Waals surface area contributed by atoms with Gasteiger partial charge in [-0.1, -0.05) is 13.3 Å². The third kappa shape index (κ3) is 2.39. The summed E-state index contributed by atoms with van der Waals surface area (Å²) in [7, 11) is 0. The lowest BCUT2D eigenvalue weighted by Crippen LogP contribution is -2.58. The molecule has 0 aromatic rings. The van der Waals surface area contributed by atoms with Gasteiger partial charge in [0.25, 0.3) is 0 Å². The van der Waals surface area contributed by atoms with Crippen LogP contribution in [0, 0.1) is 11.8 Å². The van der Waals surface area contributed by atoms with Crippen molar-refractivity contribution in [2.24, 2.45) is 11.8 Å². The second-order valence-corrected chi connectivity index (χ2v) is 5.68. The van der Waals surface area contributed by atoms with Crippen LogP contribution in [0.4, 0.5) is 0 Å². The zero-order valence-electron chi connectivity index (χ0n) is 11.0. The number of fused-ring (bicyclic) bond motifs is 1. The van der Waals surface area contributed by atoms with Gasteiger partial charge in [0.15, 0.2) is 0 Å². The van der Waals surface area contributed by atoms with Gasteiger partial charge in [-0.3, -0.25) is 4.79 Å². The van der Waals surface area contributed by atoms with Crippen LogP contribution in [0.3, 0.4) is 0 Å². The first-order chi connectivity index (χ1) is 8.65. The topological polar surface area (TPSA) is 81.6 Å². The van der Waals surface area contributed by atoms with Gasteiger partial charge in [-0.15, -0.1) is 0 Å². The largest absolute Gasteiger partial charge is 0.394 e. The fraction of sp³-hybridized carbons (Fsp3) is 0.923. The van der Waals surface area contributed by atoms with Crippen LogP contribution < -0.4 is 10.6 Å². The Morgan fingerprint density at radius 1 is 1.39 bits per heavy atom. The first-order valence-electron chi connectivity index (χ1n) is 6.93. The second-order valence-electron chi connectivity index (χ2n) is 5.68. The van der Waals surface area contributed by atoms with Gasteiger partial charge < -0.3 is 20.8 Å². The predicted molar refractivity (Wildman–Crippen MR) is 68.0 cm³/mol. The lowest BCUT2D eigenvalue weighted by atomic mass is 9.92. The summed E-state index contributed by atoms with van der Waals surface area (Å²) in [6.07, 6.45) is 4.04. The highest BCUT2D eigenvalue weighted by atomic mass is 16.3. The zero-order valence-corrected chi connectivity index (χ0v) is 11.0. The molecule has 2 rings (SSSR count). The summed E-state index contributed by atoms with van der Waals surface area (Å²) in [5.41, 5.74) is -0.880. The standard InChI is InChI=1S/C13H24N2O3/c1-2-13(7-16,8-17)15-12(18)11-10-5-3-4-9(10)6-14-11/h9-11,14,16-17H,2-8H2,1H3,(H,15,18). The number of carbonyl (C=O) groups is 1. The number of aliphatic hydroxyl groups excluding tert-OH is 2. The minimum Gasteiger partial charge on any atom is -0.394 e. The summed E-state index contributed by atoms with van der Waals surface area (Å²) in [5, 5.41) is 24.8. The maximum atomic E-state index is 12.3. The van der Waals surface area contributed by atoms with Crippen LogP contribution in [-0.2, 0) is 4.79 Å². The quantitative estimate of drug-likeness (QED) is 0.541. The van der Waals surface area contributed by atoms with Crippen LogP contribution in [0.15, 0.2) is 0 Å². The number of amides is 1. The van der Waals surface area contributed by atoms with Gasteiger partial charge in [0.05, 0.1) is 24.8 Å². The van der Waals surface area contributed by atoms with E-state index in [0.29, 0.717) is 18.3 Å². The summed E-state index contributed by atoms with van der Waals surface area (Å²) < 4.78 is 0. The van der Waals surface area contributed by atoms with E-state index in [1.54, 1.807) is 0 Å². The Hall–Kier alpha value is -0.650. The van der Waals surface area contributed by atoms with Crippen LogP contribution in [0.2, 0.25) is 0 Å². The third-order valence-corrected chi connectivity index (χ3v) is 4.70. The maximum Gasteiger partial charge on any atom is 0.238 e. The fourth-order valence-corrected chi connectivity index (χ4v) is 3.25. The minimum absolute atomic E-state index is 0.0747. The van der Waals surface area contributed by atoms with E-state index in [1.807, 2.05) is 6.92 Å². The normalized spacial score (nSPS) is 31.4. The van der Waals surface area contributed by atoms with Crippen molar-refractivity contribution >= 4 is 5.91 Å². The molecule has 1 aliphatic carbocycles. The maximum absolute atomic E-state index is 12.3. The Morgan fingerprint density at radius 3 is 2.72 bits per heavy atom. The second kappa shape index (κ2) is 5.55. The summed E-state index contributed by atoms with van der Waals surface area (Å²) in [6, 6.07) is -0.151. The Kier molecular flexibility index (Phi) is 4.25. The molecular formula is C13H24N2O3. The Morgan fingerprint density at radius 2 is 2.11 bits per heavy atom. The molecule has 0 spiro atoms. The third-order valence-electron chi connectivity index (χ3n) is 4.70. The molecule has 1 saturated heterocycles. The molecule has 2 fully saturated rings. The van der Waals surface area contributed by atoms with E-state index in [1.165, 1.54) is 12.8 Å². The van der Waals surface area contributed by atoms with E-state index < -0.39 is 5.54 Å². The van der Waals surface area contributed by atoms with Crippen molar-refractivity contribution in [2.75, 3.05) is 19.8 Å². The molecule has 1 amide bonds. The van der Waals surface area contributed by atoms with E-state index >= 15 is 0 Å². The average Bonchev–Trinajstić information content (AvgIpc) is 2.98. The molecule has 0 aromatic carbocycles. The van der Waals surface area contributed by atoms with Gasteiger partial charge in [-0.25, -0.2) is 0 Å². The van der Waals surface area contributed by atoms with Crippen molar-refractivity contribution in [3.63, 3.8) is 0 Å². The van der Waals surface area contributed by atoms with Gasteiger partial charge in [-0.2, -0.15) is 0 Å². The van der Waals surface area contributed by atoms with Crippen LogP contribution in [0.5, 0.6) is 0 Å². The molecule has 104 valence electrons. The van der Waals surface area contributed by atoms with E-state index in [9.17, 15) is 15.0 Å². The van der Waals surface area contributed by atoms with Crippen LogP contribution in [-0.4, -0.2) is 47.5 Å². The number of carbonyl (C=O) groups excluding carboxylic acids is 1. The summed E-state index contributed by atoms with van der Waals surface area (Å²) >= 11 is 0. The lowest BCUT2D eigenvalue weighted by Gasteiger charge is -2.32. The average molecular weight is 256 g/mol. The number of hydrogen-bond donors (Lipinski definition) is 4. The monoisotopic (exact) mass is 256 g/mol. The molecule has 3 unspecified atom stereocenters. The summed E-state index contributed by atoms with van der Waals surface area (Å²) in [4.78, 5) is 12.3. The number of rotatable bonds is 5. The van der Waals surface area contributed by atoms with Crippen molar-refractivity contribution in [2.45, 2.75) is 44.2 Å². The molecule has 0 aromatic heterocycles. The fourth-order valence-electron chi connectivity index (χ4n) is 3.25. The number of aliphatic hydroxyl groups is 2. The summed E-state index contributed by atoms with van der Waals surface area (Å²) in [5.74, 6) is 0.978. The molecule has 3 atom stereocenters. The van der Waals surface area contributed by atoms with Gasteiger partial charge in [0, 0.05) is 0 Å². The number of hydrogen-bond acceptors (Lipinski definition) is 4. The van der Waals surface area contributed by atoms with Crippen LogP contribution >= 0.6 is 0 Å². The van der Waals surface area contributed by atoms with Crippen molar-refractivity contribution in [1.29, 1.82) is 0 Å². The van der Waals surface area contributed by atoms with Crippen molar-refractivity contribution in [3.05, 3.63) is 0 Å². The Labute approximate surface area is 108 Å². The van der Waals surface area contributed by atoms with Crippen molar-refractivity contribution in [3.8, 4) is 0 Å². The molecule has 5 nitrogen and oxygen atoms in total. The molecule has 2 aliphatic rings. The SMILES string of the molecule is CCC(CO)(CO)NC(=O)C1NCC2CCCC21. The molecule has 1 saturated carbocycles. The molecule has 1 heterocycles. The zero-order chi connectivity index (χ0) is 13.2. The molecule has 0 bridgehead atoms.